The summed E-state index contributed by atoms with van der Waals surface area (Å²) in [5.74, 6) is -0.700. The van der Waals surface area contributed by atoms with Gasteiger partial charge in [-0.1, -0.05) is 57.3 Å². The quantitative estimate of drug-likeness (QED) is 0.310. The van der Waals surface area contributed by atoms with Crippen molar-refractivity contribution in [2.24, 2.45) is 0 Å². The Labute approximate surface area is 217 Å². The van der Waals surface area contributed by atoms with Crippen molar-refractivity contribution < 1.29 is 9.59 Å². The molecule has 4 nitrogen and oxygen atoms in total. The van der Waals surface area contributed by atoms with E-state index in [1.807, 2.05) is 42.5 Å². The number of hydrogen-bond donors (Lipinski definition) is 2. The van der Waals surface area contributed by atoms with Gasteiger partial charge in [-0.25, -0.2) is 0 Å². The highest BCUT2D eigenvalue weighted by Gasteiger charge is 2.61. The largest absolute Gasteiger partial charge is 0.348 e. The first-order valence-corrected chi connectivity index (χ1v) is 12.5. The number of carbonyl (C=O) groups excluding carboxylic acids is 2. The number of amides is 2. The molecule has 0 aliphatic carbocycles. The van der Waals surface area contributed by atoms with Gasteiger partial charge in [0.2, 0.25) is 11.8 Å². The van der Waals surface area contributed by atoms with Crippen molar-refractivity contribution in [3.63, 3.8) is 0 Å². The molecule has 3 aromatic carbocycles. The first kappa shape index (κ1) is 22.2. The molecule has 32 heavy (non-hydrogen) atoms. The Hall–Kier alpha value is -1.61. The van der Waals surface area contributed by atoms with E-state index in [4.69, 9.17) is 23.2 Å². The summed E-state index contributed by atoms with van der Waals surface area (Å²) >= 11 is 18.4. The van der Waals surface area contributed by atoms with Crippen LogP contribution >= 0.6 is 61.7 Å². The van der Waals surface area contributed by atoms with E-state index in [9.17, 15) is 9.59 Å². The van der Waals surface area contributed by atoms with Crippen molar-refractivity contribution in [2.45, 2.75) is 23.8 Å². The molecule has 1 fully saturated rings. The number of halogens is 4. The van der Waals surface area contributed by atoms with E-state index >= 15 is 0 Å². The van der Waals surface area contributed by atoms with Crippen LogP contribution in [0.2, 0.25) is 10.0 Å². The number of hydrogen-bond acceptors (Lipinski definition) is 2. The second kappa shape index (κ2) is 8.31. The molecular weight excluding hydrogens is 626 g/mol. The molecule has 0 unspecified atom stereocenters. The Kier molecular flexibility index (Phi) is 5.76. The fourth-order valence-electron chi connectivity index (χ4n) is 5.01. The SMILES string of the molecule is O=C1C[C@@H](c2cccc(Cl)c2)[C@]2(C(=O)Nc3cc(Cl)ccc32)[C@H](c2cc(Br)ccc2I)N1. The van der Waals surface area contributed by atoms with Crippen LogP contribution in [0.25, 0.3) is 0 Å². The molecule has 3 atom stereocenters. The van der Waals surface area contributed by atoms with Gasteiger partial charge in [-0.3, -0.25) is 9.59 Å². The Morgan fingerprint density at radius 3 is 2.56 bits per heavy atom. The lowest BCUT2D eigenvalue weighted by Gasteiger charge is -2.46. The number of rotatable bonds is 2. The molecule has 2 heterocycles. The average Bonchev–Trinajstić information content (AvgIpc) is 3.02. The second-order valence-corrected chi connectivity index (χ2v) is 10.9. The second-order valence-electron chi connectivity index (χ2n) is 7.99. The van der Waals surface area contributed by atoms with Crippen LogP contribution < -0.4 is 10.6 Å². The Bertz CT molecular complexity index is 1280. The summed E-state index contributed by atoms with van der Waals surface area (Å²) in [6.45, 7) is 0. The van der Waals surface area contributed by atoms with Crippen molar-refractivity contribution in [1.29, 1.82) is 0 Å². The van der Waals surface area contributed by atoms with Crippen LogP contribution in [-0.4, -0.2) is 11.8 Å². The topological polar surface area (TPSA) is 58.2 Å². The molecule has 5 rings (SSSR count). The number of piperidine rings is 1. The van der Waals surface area contributed by atoms with E-state index in [-0.39, 0.29) is 18.2 Å². The number of anilines is 1. The summed E-state index contributed by atoms with van der Waals surface area (Å²) in [6.07, 6.45) is 0.164. The van der Waals surface area contributed by atoms with Crippen LogP contribution in [0.1, 0.15) is 35.1 Å². The number of benzene rings is 3. The van der Waals surface area contributed by atoms with Gasteiger partial charge >= 0.3 is 0 Å². The minimum absolute atomic E-state index is 0.114. The van der Waals surface area contributed by atoms with Gasteiger partial charge in [0, 0.05) is 36.1 Å². The zero-order valence-corrected chi connectivity index (χ0v) is 21.7. The van der Waals surface area contributed by atoms with Crippen molar-refractivity contribution >= 4 is 79.2 Å². The maximum atomic E-state index is 13.9. The zero-order valence-electron chi connectivity index (χ0n) is 16.5. The first-order chi connectivity index (χ1) is 15.3. The third-order valence-electron chi connectivity index (χ3n) is 6.27. The van der Waals surface area contributed by atoms with Crippen molar-refractivity contribution in [2.75, 3.05) is 5.32 Å². The van der Waals surface area contributed by atoms with Gasteiger partial charge in [0.25, 0.3) is 0 Å². The lowest BCUT2D eigenvalue weighted by Crippen LogP contribution is -2.57. The van der Waals surface area contributed by atoms with E-state index < -0.39 is 17.4 Å². The van der Waals surface area contributed by atoms with E-state index in [0.717, 1.165) is 24.7 Å². The Morgan fingerprint density at radius 2 is 1.78 bits per heavy atom. The summed E-state index contributed by atoms with van der Waals surface area (Å²) in [6, 6.07) is 18.2. The average molecular weight is 642 g/mol. The van der Waals surface area contributed by atoms with Crippen LogP contribution in [-0.2, 0) is 15.0 Å². The zero-order chi connectivity index (χ0) is 22.6. The Balaban J connectivity index is 1.83. The van der Waals surface area contributed by atoms with E-state index in [0.29, 0.717) is 15.7 Å². The number of carbonyl (C=O) groups is 2. The van der Waals surface area contributed by atoms with Crippen LogP contribution in [0, 0.1) is 3.57 Å². The molecule has 1 spiro atoms. The highest BCUT2D eigenvalue weighted by atomic mass is 127. The van der Waals surface area contributed by atoms with Crippen molar-refractivity contribution in [1.82, 2.24) is 5.32 Å². The minimum Gasteiger partial charge on any atom is -0.348 e. The number of nitrogens with one attached hydrogen (secondary N) is 2. The van der Waals surface area contributed by atoms with E-state index in [1.165, 1.54) is 0 Å². The van der Waals surface area contributed by atoms with E-state index in [2.05, 4.69) is 49.2 Å². The van der Waals surface area contributed by atoms with Crippen molar-refractivity contribution in [3.8, 4) is 0 Å². The molecule has 0 saturated carbocycles. The van der Waals surface area contributed by atoms with Gasteiger partial charge in [-0.05, 0) is 81.7 Å². The van der Waals surface area contributed by atoms with Gasteiger partial charge in [0.05, 0.1) is 6.04 Å². The molecule has 2 aliphatic rings. The monoisotopic (exact) mass is 640 g/mol. The predicted molar refractivity (Wildman–Crippen MR) is 138 cm³/mol. The standard InChI is InChI=1S/C24H16BrCl2IN2O2/c25-13-4-7-19(28)16(9-13)22-24(17-6-5-15(27)10-20(17)29-23(24)32)18(11-21(31)30-22)12-2-1-3-14(26)8-12/h1-10,18,22H,11H2,(H,29,32)(H,30,31)/t18-,22-,24-/m0/s1. The fraction of sp³-hybridized carbons (Fsp3) is 0.167. The van der Waals surface area contributed by atoms with Gasteiger partial charge in [0.15, 0.2) is 0 Å². The third kappa shape index (κ3) is 3.47. The molecule has 3 aromatic rings. The summed E-state index contributed by atoms with van der Waals surface area (Å²) in [5.41, 5.74) is 2.14. The molecule has 0 radical (unpaired) electrons. The first-order valence-electron chi connectivity index (χ1n) is 9.92. The van der Waals surface area contributed by atoms with Crippen LogP contribution in [0.5, 0.6) is 0 Å². The van der Waals surface area contributed by atoms with Crippen molar-refractivity contribution in [3.05, 3.63) is 95.4 Å². The Morgan fingerprint density at radius 1 is 1.00 bits per heavy atom. The molecule has 2 amide bonds. The molecule has 8 heteroatoms. The lowest BCUT2D eigenvalue weighted by molar-refractivity contribution is -0.131. The summed E-state index contributed by atoms with van der Waals surface area (Å²) in [5, 5.41) is 7.28. The fourth-order valence-corrected chi connectivity index (χ4v) is 6.40. The molecule has 0 bridgehead atoms. The maximum absolute atomic E-state index is 13.9. The van der Waals surface area contributed by atoms with Crippen LogP contribution in [0.3, 0.4) is 0 Å². The maximum Gasteiger partial charge on any atom is 0.238 e. The normalized spacial score (nSPS) is 24.2. The smallest absolute Gasteiger partial charge is 0.238 e. The minimum atomic E-state index is -1.07. The molecule has 162 valence electrons. The summed E-state index contributed by atoms with van der Waals surface area (Å²) < 4.78 is 1.83. The van der Waals surface area contributed by atoms with Gasteiger partial charge in [0.1, 0.15) is 5.41 Å². The molecule has 0 aromatic heterocycles. The predicted octanol–water partition coefficient (Wildman–Crippen LogP) is 6.60. The summed E-state index contributed by atoms with van der Waals surface area (Å²) in [7, 11) is 0. The van der Waals surface area contributed by atoms with Crippen LogP contribution in [0.15, 0.2) is 65.1 Å². The van der Waals surface area contributed by atoms with E-state index in [1.54, 1.807) is 18.2 Å². The highest BCUT2D eigenvalue weighted by Crippen LogP contribution is 2.58. The number of fused-ring (bicyclic) bond motifs is 2. The van der Waals surface area contributed by atoms with Gasteiger partial charge in [-0.15, -0.1) is 0 Å². The third-order valence-corrected chi connectivity index (χ3v) is 8.22. The molecular formula is C24H16BrCl2IN2O2. The van der Waals surface area contributed by atoms with Gasteiger partial charge in [-0.2, -0.15) is 0 Å². The highest BCUT2D eigenvalue weighted by molar-refractivity contribution is 14.1. The molecule has 2 N–H and O–H groups in total. The summed E-state index contributed by atoms with van der Waals surface area (Å²) in [4.78, 5) is 26.9. The molecule has 2 aliphatic heterocycles. The van der Waals surface area contributed by atoms with Crippen LogP contribution in [0.4, 0.5) is 5.69 Å². The lowest BCUT2D eigenvalue weighted by atomic mass is 9.59. The van der Waals surface area contributed by atoms with Gasteiger partial charge < -0.3 is 10.6 Å². The molecule has 1 saturated heterocycles.